The summed E-state index contributed by atoms with van der Waals surface area (Å²) in [6.07, 6.45) is 5.60. The Labute approximate surface area is 219 Å². The molecule has 1 fully saturated rings. The van der Waals surface area contributed by atoms with Crippen LogP contribution >= 0.6 is 11.6 Å². The molecular formula is C27H29ClN8O. The van der Waals surface area contributed by atoms with Crippen LogP contribution in [0.3, 0.4) is 0 Å². The van der Waals surface area contributed by atoms with Crippen LogP contribution in [0.5, 0.6) is 0 Å². The zero-order valence-corrected chi connectivity index (χ0v) is 22.3. The Balaban J connectivity index is 1.51. The van der Waals surface area contributed by atoms with Gasteiger partial charge in [0, 0.05) is 61.1 Å². The number of nitrogens with zero attached hydrogens (tertiary/aromatic N) is 7. The van der Waals surface area contributed by atoms with E-state index in [1.165, 1.54) is 0 Å². The molecule has 6 rings (SSSR count). The van der Waals surface area contributed by atoms with E-state index in [2.05, 4.69) is 40.3 Å². The number of nitrogens with one attached hydrogen (secondary N) is 1. The molecule has 0 saturated carbocycles. The highest BCUT2D eigenvalue weighted by Gasteiger charge is 2.29. The minimum Gasteiger partial charge on any atom is -0.377 e. The van der Waals surface area contributed by atoms with Gasteiger partial charge in [-0.2, -0.15) is 10.2 Å². The van der Waals surface area contributed by atoms with Crippen molar-refractivity contribution in [3.63, 3.8) is 0 Å². The average Bonchev–Trinajstić information content (AvgIpc) is 3.47. The number of hydrogen-bond acceptors (Lipinski definition) is 6. The van der Waals surface area contributed by atoms with Crippen LogP contribution in [-0.2, 0) is 14.1 Å². The second-order valence-corrected chi connectivity index (χ2v) is 10.5. The quantitative estimate of drug-likeness (QED) is 0.350. The highest BCUT2D eigenvalue weighted by Crippen LogP contribution is 2.36. The molecule has 9 nitrogen and oxygen atoms in total. The lowest BCUT2D eigenvalue weighted by Gasteiger charge is -2.36. The standard InChI is InChI=1S/C27H29ClN8O/c1-15-8-19(16(2)31-22-6-7-23(28)32-25(22)17-10-29-34(4)12-17)24-20(9-15)27(37)35(5)26-21(24)11-30-36(26)18-13-33(3)14-18/h6-12,16,18,31H,13-14H2,1-5H3. The van der Waals surface area contributed by atoms with Crippen molar-refractivity contribution in [3.8, 4) is 11.3 Å². The number of likely N-dealkylation sites (tertiary alicyclic amines) is 1. The molecule has 0 amide bonds. The fourth-order valence-electron chi connectivity index (χ4n) is 5.48. The van der Waals surface area contributed by atoms with E-state index < -0.39 is 0 Å². The van der Waals surface area contributed by atoms with Crippen LogP contribution in [0.15, 0.2) is 47.7 Å². The van der Waals surface area contributed by atoms with Gasteiger partial charge in [-0.1, -0.05) is 17.7 Å². The molecule has 10 heteroatoms. The molecule has 5 aromatic rings. The van der Waals surface area contributed by atoms with Crippen molar-refractivity contribution in [2.45, 2.75) is 25.9 Å². The topological polar surface area (TPSA) is 85.8 Å². The van der Waals surface area contributed by atoms with Gasteiger partial charge >= 0.3 is 0 Å². The minimum absolute atomic E-state index is 0.0155. The van der Waals surface area contributed by atoms with Gasteiger partial charge in [0.15, 0.2) is 0 Å². The van der Waals surface area contributed by atoms with Crippen LogP contribution in [0.25, 0.3) is 33.1 Å². The number of pyridine rings is 2. The molecule has 1 atom stereocenters. The number of halogens is 1. The largest absolute Gasteiger partial charge is 0.377 e. The third kappa shape index (κ3) is 3.89. The van der Waals surface area contributed by atoms with Crippen molar-refractivity contribution in [2.75, 3.05) is 25.5 Å². The van der Waals surface area contributed by atoms with E-state index in [1.54, 1.807) is 21.5 Å². The van der Waals surface area contributed by atoms with Gasteiger partial charge in [0.25, 0.3) is 5.56 Å². The highest BCUT2D eigenvalue weighted by atomic mass is 35.5. The van der Waals surface area contributed by atoms with E-state index in [0.29, 0.717) is 10.5 Å². The minimum atomic E-state index is -0.130. The van der Waals surface area contributed by atoms with Gasteiger partial charge in [0.1, 0.15) is 10.8 Å². The van der Waals surface area contributed by atoms with Crippen molar-refractivity contribution in [2.24, 2.45) is 14.1 Å². The molecule has 5 heterocycles. The third-order valence-corrected chi connectivity index (χ3v) is 7.48. The summed E-state index contributed by atoms with van der Waals surface area (Å²) >= 11 is 6.26. The molecule has 1 aliphatic rings. The molecule has 4 aromatic heterocycles. The monoisotopic (exact) mass is 516 g/mol. The van der Waals surface area contributed by atoms with Crippen LogP contribution in [0, 0.1) is 6.92 Å². The fourth-order valence-corrected chi connectivity index (χ4v) is 5.63. The number of likely N-dealkylation sites (N-methyl/N-ethyl adjacent to an activating group) is 1. The molecule has 0 spiro atoms. The van der Waals surface area contributed by atoms with Gasteiger partial charge in [-0.05, 0) is 50.2 Å². The SMILES string of the molecule is Cc1cc(C(C)Nc2ccc(Cl)nc2-c2cnn(C)c2)c2c(c1)c(=O)n(C)c1c2cnn1C1CN(C)C1. The van der Waals surface area contributed by atoms with Crippen LogP contribution in [0.2, 0.25) is 5.15 Å². The van der Waals surface area contributed by atoms with Crippen LogP contribution < -0.4 is 10.9 Å². The first-order valence-corrected chi connectivity index (χ1v) is 12.7. The maximum atomic E-state index is 13.6. The maximum absolute atomic E-state index is 13.6. The molecule has 0 radical (unpaired) electrons. The Morgan fingerprint density at radius 1 is 1.08 bits per heavy atom. The smallest absolute Gasteiger partial charge is 0.259 e. The Bertz CT molecular complexity index is 1730. The number of benzene rings is 1. The predicted octanol–water partition coefficient (Wildman–Crippen LogP) is 4.31. The molecule has 1 saturated heterocycles. The first kappa shape index (κ1) is 23.7. The number of aromatic nitrogens is 6. The summed E-state index contributed by atoms with van der Waals surface area (Å²) in [5, 5.41) is 15.7. The number of hydrogen-bond donors (Lipinski definition) is 1. The first-order chi connectivity index (χ1) is 17.7. The normalized spacial score (nSPS) is 15.4. The zero-order valence-electron chi connectivity index (χ0n) is 21.5. The number of anilines is 1. The Kier molecular flexibility index (Phi) is 5.58. The second-order valence-electron chi connectivity index (χ2n) is 10.1. The number of aryl methyl sites for hydroxylation is 3. The van der Waals surface area contributed by atoms with Crippen molar-refractivity contribution in [1.82, 2.24) is 34.0 Å². The molecule has 190 valence electrons. The molecular weight excluding hydrogens is 488 g/mol. The van der Waals surface area contributed by atoms with Gasteiger partial charge in [-0.3, -0.25) is 14.0 Å². The average molecular weight is 517 g/mol. The Morgan fingerprint density at radius 3 is 2.57 bits per heavy atom. The van der Waals surface area contributed by atoms with E-state index >= 15 is 0 Å². The van der Waals surface area contributed by atoms with Crippen LogP contribution in [-0.4, -0.2) is 54.1 Å². The van der Waals surface area contributed by atoms with Crippen LogP contribution in [0.4, 0.5) is 5.69 Å². The van der Waals surface area contributed by atoms with E-state index in [-0.39, 0.29) is 17.6 Å². The predicted molar refractivity (Wildman–Crippen MR) is 147 cm³/mol. The van der Waals surface area contributed by atoms with Crippen LogP contribution in [0.1, 0.15) is 30.1 Å². The zero-order chi connectivity index (χ0) is 26.0. The summed E-state index contributed by atoms with van der Waals surface area (Å²) in [5.41, 5.74) is 5.35. The molecule has 1 aromatic carbocycles. The first-order valence-electron chi connectivity index (χ1n) is 12.3. The van der Waals surface area contributed by atoms with E-state index in [4.69, 9.17) is 16.7 Å². The van der Waals surface area contributed by atoms with E-state index in [9.17, 15) is 4.79 Å². The highest BCUT2D eigenvalue weighted by molar-refractivity contribution is 6.29. The van der Waals surface area contributed by atoms with E-state index in [0.717, 1.165) is 57.6 Å². The lowest BCUT2D eigenvalue weighted by Crippen LogP contribution is -2.45. The molecule has 1 N–H and O–H groups in total. The lowest BCUT2D eigenvalue weighted by molar-refractivity contribution is 0.133. The fraction of sp³-hybridized carbons (Fsp3) is 0.333. The lowest BCUT2D eigenvalue weighted by atomic mass is 9.95. The van der Waals surface area contributed by atoms with Gasteiger partial charge in [0.05, 0.1) is 29.8 Å². The van der Waals surface area contributed by atoms with Gasteiger partial charge in [-0.25, -0.2) is 9.67 Å². The molecule has 0 aliphatic carbocycles. The van der Waals surface area contributed by atoms with Crippen molar-refractivity contribution < 1.29 is 0 Å². The maximum Gasteiger partial charge on any atom is 0.259 e. The Morgan fingerprint density at radius 2 is 1.86 bits per heavy atom. The van der Waals surface area contributed by atoms with Gasteiger partial charge < -0.3 is 10.2 Å². The molecule has 0 bridgehead atoms. The summed E-state index contributed by atoms with van der Waals surface area (Å²) in [4.78, 5) is 20.4. The molecule has 1 aliphatic heterocycles. The van der Waals surface area contributed by atoms with Crippen molar-refractivity contribution >= 4 is 39.1 Å². The summed E-state index contributed by atoms with van der Waals surface area (Å²) in [6, 6.07) is 7.98. The summed E-state index contributed by atoms with van der Waals surface area (Å²) in [6.45, 7) is 5.97. The second kappa shape index (κ2) is 8.71. The summed E-state index contributed by atoms with van der Waals surface area (Å²) in [7, 11) is 5.81. The van der Waals surface area contributed by atoms with Gasteiger partial charge in [0.2, 0.25) is 0 Å². The van der Waals surface area contributed by atoms with Crippen molar-refractivity contribution in [1.29, 1.82) is 0 Å². The molecule has 1 unspecified atom stereocenters. The summed E-state index contributed by atoms with van der Waals surface area (Å²) in [5.74, 6) is 0. The number of rotatable bonds is 5. The molecule has 37 heavy (non-hydrogen) atoms. The number of fused-ring (bicyclic) bond motifs is 3. The Hall–Kier alpha value is -3.69. The summed E-state index contributed by atoms with van der Waals surface area (Å²) < 4.78 is 5.50. The van der Waals surface area contributed by atoms with Crippen molar-refractivity contribution in [3.05, 3.63) is 69.5 Å². The third-order valence-electron chi connectivity index (χ3n) is 7.27. The van der Waals surface area contributed by atoms with E-state index in [1.807, 2.05) is 50.2 Å². The van der Waals surface area contributed by atoms with Gasteiger partial charge in [-0.15, -0.1) is 0 Å².